The van der Waals surface area contributed by atoms with E-state index in [1.54, 1.807) is 4.90 Å². The molecule has 1 fully saturated rings. The standard InChI is InChI=1S/C20H21N3O6S3/c1-13-3-4-16(29-13)19-21-15(12-31-19)10-17(24)22-5-7-23(8-6-22)32(26,27)18-9-14(11-30-18)20(25)28-2/h3-4,9,11-12H,5-8,10H2,1-2H3. The van der Waals surface area contributed by atoms with Gasteiger partial charge in [0.25, 0.3) is 10.0 Å². The van der Waals surface area contributed by atoms with Crippen molar-refractivity contribution in [3.05, 3.63) is 46.0 Å². The molecular weight excluding hydrogens is 474 g/mol. The van der Waals surface area contributed by atoms with E-state index in [1.807, 2.05) is 24.4 Å². The number of hydrogen-bond acceptors (Lipinski definition) is 9. The van der Waals surface area contributed by atoms with Crippen LogP contribution in [0.5, 0.6) is 0 Å². The predicted molar refractivity (Wildman–Crippen MR) is 119 cm³/mol. The monoisotopic (exact) mass is 495 g/mol. The molecule has 0 spiro atoms. The molecule has 12 heteroatoms. The average molecular weight is 496 g/mol. The lowest BCUT2D eigenvalue weighted by Crippen LogP contribution is -2.50. The number of ether oxygens (including phenoxy) is 1. The summed E-state index contributed by atoms with van der Waals surface area (Å²) in [5, 5.41) is 4.02. The second-order valence-electron chi connectivity index (χ2n) is 7.16. The number of thiazole rings is 1. The first-order chi connectivity index (χ1) is 15.3. The Morgan fingerprint density at radius 2 is 1.91 bits per heavy atom. The van der Waals surface area contributed by atoms with Crippen molar-refractivity contribution in [2.45, 2.75) is 17.6 Å². The van der Waals surface area contributed by atoms with Crippen molar-refractivity contribution >= 4 is 44.6 Å². The Bertz CT molecular complexity index is 1230. The Kier molecular flexibility index (Phi) is 6.47. The van der Waals surface area contributed by atoms with Gasteiger partial charge in [-0.05, 0) is 25.1 Å². The summed E-state index contributed by atoms with van der Waals surface area (Å²) in [7, 11) is -2.49. The van der Waals surface area contributed by atoms with Crippen LogP contribution in [0.2, 0.25) is 0 Å². The summed E-state index contributed by atoms with van der Waals surface area (Å²) in [6.07, 6.45) is 0.149. The smallest absolute Gasteiger partial charge is 0.338 e. The molecule has 1 amide bonds. The molecule has 1 aliphatic heterocycles. The van der Waals surface area contributed by atoms with Crippen molar-refractivity contribution in [1.82, 2.24) is 14.2 Å². The maximum atomic E-state index is 12.9. The summed E-state index contributed by atoms with van der Waals surface area (Å²) in [4.78, 5) is 30.4. The number of thiophene rings is 1. The van der Waals surface area contributed by atoms with Crippen molar-refractivity contribution < 1.29 is 27.2 Å². The molecule has 9 nitrogen and oxygen atoms in total. The topological polar surface area (TPSA) is 110 Å². The molecule has 3 aromatic heterocycles. The van der Waals surface area contributed by atoms with Crippen molar-refractivity contribution in [2.75, 3.05) is 33.3 Å². The lowest BCUT2D eigenvalue weighted by atomic mass is 10.2. The van der Waals surface area contributed by atoms with Crippen LogP contribution in [0.4, 0.5) is 0 Å². The first kappa shape index (κ1) is 22.6. The summed E-state index contributed by atoms with van der Waals surface area (Å²) < 4.78 is 37.4. The fraction of sp³-hybridized carbons (Fsp3) is 0.350. The molecule has 170 valence electrons. The minimum atomic E-state index is -3.73. The highest BCUT2D eigenvalue weighted by molar-refractivity contribution is 7.91. The largest absolute Gasteiger partial charge is 0.465 e. The van der Waals surface area contributed by atoms with Gasteiger partial charge in [0, 0.05) is 36.9 Å². The summed E-state index contributed by atoms with van der Waals surface area (Å²) in [5.74, 6) is 0.794. The molecule has 0 saturated carbocycles. The molecule has 0 aromatic carbocycles. The van der Waals surface area contributed by atoms with Crippen LogP contribution in [0.3, 0.4) is 0 Å². The second kappa shape index (κ2) is 9.14. The van der Waals surface area contributed by atoms with E-state index in [0.29, 0.717) is 24.5 Å². The maximum Gasteiger partial charge on any atom is 0.338 e. The number of sulfonamides is 1. The van der Waals surface area contributed by atoms with Gasteiger partial charge in [-0.2, -0.15) is 4.31 Å². The van der Waals surface area contributed by atoms with Gasteiger partial charge in [0.1, 0.15) is 9.97 Å². The average Bonchev–Trinajstić information content (AvgIpc) is 3.54. The Morgan fingerprint density at radius 1 is 1.16 bits per heavy atom. The van der Waals surface area contributed by atoms with Crippen LogP contribution in [0.1, 0.15) is 21.8 Å². The van der Waals surface area contributed by atoms with Crippen molar-refractivity contribution in [3.63, 3.8) is 0 Å². The highest BCUT2D eigenvalue weighted by Gasteiger charge is 2.31. The molecule has 0 radical (unpaired) electrons. The Hall–Kier alpha value is -2.54. The van der Waals surface area contributed by atoms with Gasteiger partial charge in [-0.25, -0.2) is 18.2 Å². The number of rotatable bonds is 6. The zero-order valence-corrected chi connectivity index (χ0v) is 19.9. The number of carbonyl (C=O) groups is 2. The van der Waals surface area contributed by atoms with E-state index in [4.69, 9.17) is 4.42 Å². The SMILES string of the molecule is COC(=O)c1csc(S(=O)(=O)N2CCN(C(=O)Cc3csc(-c4ccc(C)o4)n3)CC2)c1. The molecular formula is C20H21N3O6S3. The number of esters is 1. The molecule has 0 atom stereocenters. The predicted octanol–water partition coefficient (Wildman–Crippen LogP) is 2.64. The number of piperazine rings is 1. The third-order valence-corrected chi connectivity index (χ3v) is 9.24. The van der Waals surface area contributed by atoms with E-state index in [-0.39, 0.29) is 35.2 Å². The number of hydrogen-bond donors (Lipinski definition) is 0. The van der Waals surface area contributed by atoms with E-state index in [9.17, 15) is 18.0 Å². The number of amides is 1. The van der Waals surface area contributed by atoms with Gasteiger partial charge in [-0.1, -0.05) is 0 Å². The number of methoxy groups -OCH3 is 1. The van der Waals surface area contributed by atoms with Gasteiger partial charge in [0.05, 0.1) is 24.8 Å². The third-order valence-electron chi connectivity index (χ3n) is 5.02. The molecule has 4 rings (SSSR count). The van der Waals surface area contributed by atoms with Gasteiger partial charge >= 0.3 is 5.97 Å². The third kappa shape index (κ3) is 4.63. The van der Waals surface area contributed by atoms with Gasteiger partial charge < -0.3 is 14.1 Å². The fourth-order valence-electron chi connectivity index (χ4n) is 3.30. The first-order valence-corrected chi connectivity index (χ1v) is 12.9. The molecule has 0 aliphatic carbocycles. The fourth-order valence-corrected chi connectivity index (χ4v) is 6.80. The molecule has 32 heavy (non-hydrogen) atoms. The van der Waals surface area contributed by atoms with E-state index in [2.05, 4.69) is 9.72 Å². The highest BCUT2D eigenvalue weighted by Crippen LogP contribution is 2.27. The van der Waals surface area contributed by atoms with Crippen LogP contribution in [-0.2, 0) is 26.0 Å². The molecule has 1 aliphatic rings. The minimum Gasteiger partial charge on any atom is -0.465 e. The summed E-state index contributed by atoms with van der Waals surface area (Å²) >= 11 is 2.40. The number of aromatic nitrogens is 1. The normalized spacial score (nSPS) is 15.1. The van der Waals surface area contributed by atoms with Crippen LogP contribution in [0, 0.1) is 6.92 Å². The molecule has 0 unspecified atom stereocenters. The number of aryl methyl sites for hydroxylation is 1. The lowest BCUT2D eigenvalue weighted by Gasteiger charge is -2.33. The molecule has 4 heterocycles. The van der Waals surface area contributed by atoms with E-state index < -0.39 is 16.0 Å². The lowest BCUT2D eigenvalue weighted by molar-refractivity contribution is -0.131. The number of furan rings is 1. The van der Waals surface area contributed by atoms with Crippen LogP contribution >= 0.6 is 22.7 Å². The van der Waals surface area contributed by atoms with Crippen LogP contribution < -0.4 is 0 Å². The van der Waals surface area contributed by atoms with Gasteiger partial charge in [-0.15, -0.1) is 22.7 Å². The van der Waals surface area contributed by atoms with E-state index in [1.165, 1.54) is 34.2 Å². The molecule has 3 aromatic rings. The minimum absolute atomic E-state index is 0.0841. The maximum absolute atomic E-state index is 12.9. The summed E-state index contributed by atoms with van der Waals surface area (Å²) in [6.45, 7) is 2.82. The molecule has 0 N–H and O–H groups in total. The van der Waals surface area contributed by atoms with Crippen molar-refractivity contribution in [1.29, 1.82) is 0 Å². The quantitative estimate of drug-likeness (QED) is 0.484. The van der Waals surface area contributed by atoms with E-state index in [0.717, 1.165) is 22.1 Å². The first-order valence-electron chi connectivity index (χ1n) is 9.74. The van der Waals surface area contributed by atoms with Crippen LogP contribution in [0.25, 0.3) is 10.8 Å². The summed E-state index contributed by atoms with van der Waals surface area (Å²) in [5.41, 5.74) is 0.866. The zero-order valence-electron chi connectivity index (χ0n) is 17.4. The Morgan fingerprint density at radius 3 is 2.56 bits per heavy atom. The Labute approximate surface area is 193 Å². The van der Waals surface area contributed by atoms with Crippen molar-refractivity contribution in [3.8, 4) is 10.8 Å². The Balaban J connectivity index is 1.35. The van der Waals surface area contributed by atoms with Crippen LogP contribution in [0.15, 0.2) is 37.6 Å². The number of carbonyl (C=O) groups excluding carboxylic acids is 2. The van der Waals surface area contributed by atoms with E-state index >= 15 is 0 Å². The number of nitrogens with zero attached hydrogens (tertiary/aromatic N) is 3. The van der Waals surface area contributed by atoms with Crippen LogP contribution in [-0.4, -0.2) is 67.8 Å². The van der Waals surface area contributed by atoms with Gasteiger partial charge in [0.2, 0.25) is 5.91 Å². The zero-order chi connectivity index (χ0) is 22.9. The second-order valence-corrected chi connectivity index (χ2v) is 11.1. The van der Waals surface area contributed by atoms with Gasteiger partial charge in [0.15, 0.2) is 10.8 Å². The molecule has 1 saturated heterocycles. The van der Waals surface area contributed by atoms with Gasteiger partial charge in [-0.3, -0.25) is 4.79 Å². The molecule has 0 bridgehead atoms. The highest BCUT2D eigenvalue weighted by atomic mass is 32.2. The van der Waals surface area contributed by atoms with Crippen molar-refractivity contribution in [2.24, 2.45) is 0 Å². The summed E-state index contributed by atoms with van der Waals surface area (Å²) in [6, 6.07) is 5.03.